The molecule has 26 heavy (non-hydrogen) atoms. The second-order valence-electron chi connectivity index (χ2n) is 6.82. The van der Waals surface area contributed by atoms with Gasteiger partial charge in [-0.2, -0.15) is 0 Å². The second-order valence-corrected chi connectivity index (χ2v) is 6.82. The fourth-order valence-electron chi connectivity index (χ4n) is 4.07. The number of nitrogens with one attached hydrogen (secondary N) is 1. The Morgan fingerprint density at radius 3 is 2.58 bits per heavy atom. The Kier molecular flexibility index (Phi) is 3.92. The third-order valence-electron chi connectivity index (χ3n) is 5.33. The van der Waals surface area contributed by atoms with Gasteiger partial charge in [0.2, 0.25) is 0 Å². The Balaban J connectivity index is 1.70. The molecule has 130 valence electrons. The molecule has 4 heteroatoms. The largest absolute Gasteiger partial charge is 0.463 e. The van der Waals surface area contributed by atoms with Crippen LogP contribution in [0.4, 0.5) is 0 Å². The van der Waals surface area contributed by atoms with Crippen LogP contribution in [0.3, 0.4) is 0 Å². The standard InChI is InChI=1S/C22H21N3O/c1-2-4-18-16(3-1)5-6-19-20(15-26-22(18)19)21(17-7-9-23-10-8-17)25-13-11-24-12-14-25/h1-10,15,21,24H,11-14H2. The molecule has 3 heterocycles. The highest BCUT2D eigenvalue weighted by Crippen LogP contribution is 2.37. The SMILES string of the molecule is c1ccc2c(c1)ccc1c(C(c3ccncc3)N3CCNCC3)coc12. The number of piperazine rings is 1. The van der Waals surface area contributed by atoms with Crippen LogP contribution in [-0.4, -0.2) is 36.1 Å². The normalized spacial score (nSPS) is 16.9. The molecule has 1 saturated heterocycles. The first-order valence-corrected chi connectivity index (χ1v) is 9.15. The maximum atomic E-state index is 6.10. The van der Waals surface area contributed by atoms with Crippen LogP contribution >= 0.6 is 0 Å². The van der Waals surface area contributed by atoms with Crippen molar-refractivity contribution in [1.29, 1.82) is 0 Å². The number of furan rings is 1. The van der Waals surface area contributed by atoms with Gasteiger partial charge in [0.1, 0.15) is 5.58 Å². The fraction of sp³-hybridized carbons (Fsp3) is 0.227. The van der Waals surface area contributed by atoms with Gasteiger partial charge in [0.15, 0.2) is 0 Å². The zero-order valence-corrected chi connectivity index (χ0v) is 14.6. The average Bonchev–Trinajstić information content (AvgIpc) is 3.14. The second kappa shape index (κ2) is 6.56. The third kappa shape index (κ3) is 2.59. The predicted molar refractivity (Wildman–Crippen MR) is 104 cm³/mol. The lowest BCUT2D eigenvalue weighted by Gasteiger charge is -2.35. The fourth-order valence-corrected chi connectivity index (χ4v) is 4.07. The molecule has 0 radical (unpaired) electrons. The van der Waals surface area contributed by atoms with E-state index in [1.165, 1.54) is 27.3 Å². The van der Waals surface area contributed by atoms with E-state index in [2.05, 4.69) is 63.7 Å². The first-order valence-electron chi connectivity index (χ1n) is 9.15. The Hall–Kier alpha value is -2.69. The van der Waals surface area contributed by atoms with E-state index in [0.29, 0.717) is 0 Å². The molecule has 0 saturated carbocycles. The third-order valence-corrected chi connectivity index (χ3v) is 5.33. The van der Waals surface area contributed by atoms with Gasteiger partial charge in [0.05, 0.1) is 12.3 Å². The van der Waals surface area contributed by atoms with Crippen LogP contribution in [0.25, 0.3) is 21.7 Å². The Bertz CT molecular complexity index is 1040. The minimum Gasteiger partial charge on any atom is -0.463 e. The molecule has 1 fully saturated rings. The number of pyridine rings is 1. The van der Waals surface area contributed by atoms with Crippen LogP contribution in [0.1, 0.15) is 17.2 Å². The van der Waals surface area contributed by atoms with Gasteiger partial charge >= 0.3 is 0 Å². The van der Waals surface area contributed by atoms with Crippen LogP contribution in [0.2, 0.25) is 0 Å². The molecule has 0 bridgehead atoms. The molecule has 0 amide bonds. The van der Waals surface area contributed by atoms with Crippen molar-refractivity contribution >= 4 is 21.7 Å². The average molecular weight is 343 g/mol. The van der Waals surface area contributed by atoms with Gasteiger partial charge in [-0.15, -0.1) is 0 Å². The summed E-state index contributed by atoms with van der Waals surface area (Å²) < 4.78 is 6.10. The molecule has 2 aromatic carbocycles. The zero-order chi connectivity index (χ0) is 17.3. The predicted octanol–water partition coefficient (Wildman–Crippen LogP) is 3.98. The molecule has 4 nitrogen and oxygen atoms in total. The highest BCUT2D eigenvalue weighted by molar-refractivity contribution is 6.05. The maximum absolute atomic E-state index is 6.10. The number of rotatable bonds is 3. The summed E-state index contributed by atoms with van der Waals surface area (Å²) in [5.74, 6) is 0. The Labute approximate surface area is 152 Å². The van der Waals surface area contributed by atoms with Gasteiger partial charge in [-0.25, -0.2) is 0 Å². The maximum Gasteiger partial charge on any atom is 0.142 e. The van der Waals surface area contributed by atoms with Crippen molar-refractivity contribution in [2.75, 3.05) is 26.2 Å². The van der Waals surface area contributed by atoms with Crippen LogP contribution < -0.4 is 5.32 Å². The van der Waals surface area contributed by atoms with Crippen LogP contribution in [-0.2, 0) is 0 Å². The molecule has 1 aliphatic rings. The molecular weight excluding hydrogens is 322 g/mol. The molecule has 5 rings (SSSR count). The molecule has 1 N–H and O–H groups in total. The molecule has 0 spiro atoms. The van der Waals surface area contributed by atoms with E-state index in [1.54, 1.807) is 0 Å². The van der Waals surface area contributed by atoms with E-state index in [9.17, 15) is 0 Å². The lowest BCUT2D eigenvalue weighted by Crippen LogP contribution is -2.45. The van der Waals surface area contributed by atoms with E-state index in [0.717, 1.165) is 31.8 Å². The van der Waals surface area contributed by atoms with E-state index >= 15 is 0 Å². The smallest absolute Gasteiger partial charge is 0.142 e. The van der Waals surface area contributed by atoms with Gasteiger partial charge in [0, 0.05) is 54.9 Å². The monoisotopic (exact) mass is 343 g/mol. The van der Waals surface area contributed by atoms with Crippen molar-refractivity contribution in [1.82, 2.24) is 15.2 Å². The molecule has 4 aromatic rings. The summed E-state index contributed by atoms with van der Waals surface area (Å²) in [6.45, 7) is 4.07. The van der Waals surface area contributed by atoms with E-state index in [-0.39, 0.29) is 6.04 Å². The van der Waals surface area contributed by atoms with Crippen molar-refractivity contribution in [2.24, 2.45) is 0 Å². The number of aromatic nitrogens is 1. The topological polar surface area (TPSA) is 41.3 Å². The van der Waals surface area contributed by atoms with Gasteiger partial charge in [-0.05, 0) is 23.1 Å². The minimum atomic E-state index is 0.183. The van der Waals surface area contributed by atoms with Crippen LogP contribution in [0, 0.1) is 0 Å². The van der Waals surface area contributed by atoms with Gasteiger partial charge < -0.3 is 9.73 Å². The Morgan fingerprint density at radius 2 is 1.73 bits per heavy atom. The molecular formula is C22H21N3O. The molecule has 1 atom stereocenters. The first-order chi connectivity index (χ1) is 12.9. The van der Waals surface area contributed by atoms with Crippen molar-refractivity contribution in [2.45, 2.75) is 6.04 Å². The van der Waals surface area contributed by atoms with Gasteiger partial charge in [-0.3, -0.25) is 9.88 Å². The summed E-state index contributed by atoms with van der Waals surface area (Å²) in [6.07, 6.45) is 5.70. The summed E-state index contributed by atoms with van der Waals surface area (Å²) in [5, 5.41) is 7.03. The number of nitrogens with zero attached hydrogens (tertiary/aromatic N) is 2. The van der Waals surface area contributed by atoms with Crippen molar-refractivity contribution < 1.29 is 4.42 Å². The van der Waals surface area contributed by atoms with Gasteiger partial charge in [-0.1, -0.05) is 36.4 Å². The van der Waals surface area contributed by atoms with E-state index in [1.807, 2.05) is 18.7 Å². The minimum absolute atomic E-state index is 0.183. The summed E-state index contributed by atoms with van der Waals surface area (Å²) in [7, 11) is 0. The van der Waals surface area contributed by atoms with Crippen molar-refractivity contribution in [3.8, 4) is 0 Å². The molecule has 0 aliphatic carbocycles. The van der Waals surface area contributed by atoms with E-state index in [4.69, 9.17) is 4.42 Å². The first kappa shape index (κ1) is 15.6. The number of hydrogen-bond acceptors (Lipinski definition) is 4. The lowest BCUT2D eigenvalue weighted by atomic mass is 9.95. The summed E-state index contributed by atoms with van der Waals surface area (Å²) in [4.78, 5) is 6.74. The number of benzene rings is 2. The van der Waals surface area contributed by atoms with E-state index < -0.39 is 0 Å². The zero-order valence-electron chi connectivity index (χ0n) is 14.6. The quantitative estimate of drug-likeness (QED) is 0.611. The number of fused-ring (bicyclic) bond motifs is 3. The summed E-state index contributed by atoms with van der Waals surface area (Å²) >= 11 is 0. The van der Waals surface area contributed by atoms with Gasteiger partial charge in [0.25, 0.3) is 0 Å². The summed E-state index contributed by atoms with van der Waals surface area (Å²) in [5.41, 5.74) is 3.48. The Morgan fingerprint density at radius 1 is 0.923 bits per heavy atom. The molecule has 1 unspecified atom stereocenters. The van der Waals surface area contributed by atoms with Crippen LogP contribution in [0.5, 0.6) is 0 Å². The van der Waals surface area contributed by atoms with Crippen molar-refractivity contribution in [3.63, 3.8) is 0 Å². The summed E-state index contributed by atoms with van der Waals surface area (Å²) in [6, 6.07) is 17.2. The van der Waals surface area contributed by atoms with Crippen LogP contribution in [0.15, 0.2) is 71.6 Å². The highest BCUT2D eigenvalue weighted by atomic mass is 16.3. The highest BCUT2D eigenvalue weighted by Gasteiger charge is 2.27. The lowest BCUT2D eigenvalue weighted by molar-refractivity contribution is 0.198. The van der Waals surface area contributed by atoms with Crippen molar-refractivity contribution in [3.05, 3.63) is 78.3 Å². The molecule has 1 aliphatic heterocycles. The molecule has 2 aromatic heterocycles. The number of hydrogen-bond donors (Lipinski definition) is 1.